The summed E-state index contributed by atoms with van der Waals surface area (Å²) in [6, 6.07) is 0. The largest absolute Gasteiger partial charge is 0.528 e. The van der Waals surface area contributed by atoms with Crippen LogP contribution in [-0.2, 0) is 14.4 Å². The lowest BCUT2D eigenvalue weighted by Gasteiger charge is -2.32. The first kappa shape index (κ1) is 14.7. The molecule has 1 aliphatic rings. The molecule has 0 aliphatic carbocycles. The van der Waals surface area contributed by atoms with Crippen LogP contribution < -0.4 is 0 Å². The topological polar surface area (TPSA) is 79.3 Å². The number of carboxylic acids is 1. The standard InChI is InChI=1S/C11H20N2O5/c1-11(2,3)17-10(16)18-13-6-4-12(5-7-13)8-9(14)15/h4-8H2,1-3H3,(H,14,15). The molecule has 0 aromatic rings. The second kappa shape index (κ2) is 6.01. The maximum atomic E-state index is 11.4. The Bertz CT molecular complexity index is 305. The van der Waals surface area contributed by atoms with Crippen molar-refractivity contribution in [3.8, 4) is 0 Å². The first-order valence-electron chi connectivity index (χ1n) is 5.86. The van der Waals surface area contributed by atoms with Gasteiger partial charge in [0, 0.05) is 26.2 Å². The molecule has 0 amide bonds. The van der Waals surface area contributed by atoms with Crippen molar-refractivity contribution in [3.63, 3.8) is 0 Å². The summed E-state index contributed by atoms with van der Waals surface area (Å²) in [5.41, 5.74) is -0.581. The van der Waals surface area contributed by atoms with E-state index in [2.05, 4.69) is 0 Å². The molecule has 1 fully saturated rings. The van der Waals surface area contributed by atoms with E-state index in [9.17, 15) is 9.59 Å². The van der Waals surface area contributed by atoms with E-state index < -0.39 is 17.7 Å². The van der Waals surface area contributed by atoms with Crippen LogP contribution in [0, 0.1) is 0 Å². The molecule has 0 spiro atoms. The van der Waals surface area contributed by atoms with E-state index in [-0.39, 0.29) is 6.54 Å². The molecule has 0 aromatic heterocycles. The molecular weight excluding hydrogens is 240 g/mol. The number of carbonyl (C=O) groups excluding carboxylic acids is 1. The molecule has 1 heterocycles. The highest BCUT2D eigenvalue weighted by atomic mass is 16.8. The highest BCUT2D eigenvalue weighted by Gasteiger charge is 2.24. The number of hydroxylamine groups is 2. The van der Waals surface area contributed by atoms with Crippen molar-refractivity contribution < 1.29 is 24.3 Å². The van der Waals surface area contributed by atoms with Crippen LogP contribution in [0.1, 0.15) is 20.8 Å². The summed E-state index contributed by atoms with van der Waals surface area (Å²) in [5.74, 6) is -0.850. The van der Waals surface area contributed by atoms with E-state index in [1.54, 1.807) is 25.7 Å². The zero-order chi connectivity index (χ0) is 13.8. The minimum atomic E-state index is -0.850. The van der Waals surface area contributed by atoms with Crippen LogP contribution in [0.2, 0.25) is 0 Å². The molecule has 0 atom stereocenters. The van der Waals surface area contributed by atoms with E-state index in [0.717, 1.165) is 0 Å². The average Bonchev–Trinajstić information content (AvgIpc) is 2.17. The molecule has 18 heavy (non-hydrogen) atoms. The van der Waals surface area contributed by atoms with Gasteiger partial charge in [-0.25, -0.2) is 4.79 Å². The van der Waals surface area contributed by atoms with Gasteiger partial charge in [-0.3, -0.25) is 9.69 Å². The fraction of sp³-hybridized carbons (Fsp3) is 0.818. The van der Waals surface area contributed by atoms with Gasteiger partial charge in [-0.2, -0.15) is 0 Å². The van der Waals surface area contributed by atoms with Gasteiger partial charge in [-0.05, 0) is 20.8 Å². The predicted molar refractivity (Wildman–Crippen MR) is 63.0 cm³/mol. The molecule has 7 nitrogen and oxygen atoms in total. The molecule has 0 bridgehead atoms. The third-order valence-electron chi connectivity index (χ3n) is 2.28. The number of hydrogen-bond acceptors (Lipinski definition) is 6. The van der Waals surface area contributed by atoms with Crippen LogP contribution in [0.25, 0.3) is 0 Å². The van der Waals surface area contributed by atoms with E-state index in [1.807, 2.05) is 0 Å². The lowest BCUT2D eigenvalue weighted by molar-refractivity contribution is -0.161. The first-order chi connectivity index (χ1) is 8.26. The third-order valence-corrected chi connectivity index (χ3v) is 2.28. The third kappa shape index (κ3) is 5.83. The van der Waals surface area contributed by atoms with Gasteiger partial charge in [0.1, 0.15) is 5.60 Å². The number of ether oxygens (including phenoxy) is 1. The normalized spacial score (nSPS) is 18.4. The van der Waals surface area contributed by atoms with E-state index in [0.29, 0.717) is 26.2 Å². The van der Waals surface area contributed by atoms with E-state index in [4.69, 9.17) is 14.7 Å². The average molecular weight is 260 g/mol. The van der Waals surface area contributed by atoms with Crippen molar-refractivity contribution >= 4 is 12.1 Å². The van der Waals surface area contributed by atoms with Gasteiger partial charge in [-0.1, -0.05) is 0 Å². The predicted octanol–water partition coefficient (Wildman–Crippen LogP) is 0.555. The Kier molecular flexibility index (Phi) is 4.92. The number of aliphatic carboxylic acids is 1. The molecule has 1 rings (SSSR count). The van der Waals surface area contributed by atoms with Gasteiger partial charge in [0.2, 0.25) is 0 Å². The minimum absolute atomic E-state index is 0.0142. The molecule has 1 saturated heterocycles. The van der Waals surface area contributed by atoms with Gasteiger partial charge in [-0.15, -0.1) is 5.06 Å². The van der Waals surface area contributed by atoms with Crippen LogP contribution in [0.15, 0.2) is 0 Å². The van der Waals surface area contributed by atoms with Crippen LogP contribution in [-0.4, -0.2) is 65.5 Å². The smallest absolute Gasteiger partial charge is 0.480 e. The minimum Gasteiger partial charge on any atom is -0.480 e. The van der Waals surface area contributed by atoms with Crippen LogP contribution >= 0.6 is 0 Å². The molecule has 0 radical (unpaired) electrons. The van der Waals surface area contributed by atoms with Crippen molar-refractivity contribution in [2.24, 2.45) is 0 Å². The molecule has 0 saturated carbocycles. The Hall–Kier alpha value is -1.34. The number of nitrogens with zero attached hydrogens (tertiary/aromatic N) is 2. The van der Waals surface area contributed by atoms with Crippen molar-refractivity contribution in [1.82, 2.24) is 9.96 Å². The summed E-state index contributed by atoms with van der Waals surface area (Å²) >= 11 is 0. The van der Waals surface area contributed by atoms with Crippen LogP contribution in [0.5, 0.6) is 0 Å². The Labute approximate surface area is 106 Å². The van der Waals surface area contributed by atoms with Crippen LogP contribution in [0.4, 0.5) is 4.79 Å². The maximum absolute atomic E-state index is 11.4. The summed E-state index contributed by atoms with van der Waals surface area (Å²) in [4.78, 5) is 28.7. The van der Waals surface area contributed by atoms with Gasteiger partial charge in [0.25, 0.3) is 0 Å². The molecule has 1 N–H and O–H groups in total. The molecule has 104 valence electrons. The summed E-state index contributed by atoms with van der Waals surface area (Å²) < 4.78 is 5.02. The molecule has 1 aliphatic heterocycles. The Morgan fingerprint density at radius 1 is 1.17 bits per heavy atom. The summed E-state index contributed by atoms with van der Waals surface area (Å²) in [7, 11) is 0. The molecule has 7 heteroatoms. The maximum Gasteiger partial charge on any atom is 0.528 e. The number of carbonyl (C=O) groups is 2. The number of piperazine rings is 1. The quantitative estimate of drug-likeness (QED) is 0.742. The van der Waals surface area contributed by atoms with E-state index in [1.165, 1.54) is 5.06 Å². The number of carboxylic acid groups (broad SMARTS) is 1. The number of rotatable bonds is 3. The van der Waals surface area contributed by atoms with Gasteiger partial charge in [0.05, 0.1) is 6.54 Å². The van der Waals surface area contributed by atoms with Crippen molar-refractivity contribution in [3.05, 3.63) is 0 Å². The zero-order valence-corrected chi connectivity index (χ0v) is 11.0. The molecular formula is C11H20N2O5. The Balaban J connectivity index is 2.27. The summed E-state index contributed by atoms with van der Waals surface area (Å²) in [6.07, 6.45) is -0.728. The highest BCUT2D eigenvalue weighted by Crippen LogP contribution is 2.10. The lowest BCUT2D eigenvalue weighted by atomic mass is 10.2. The second-order valence-electron chi connectivity index (χ2n) is 5.15. The zero-order valence-electron chi connectivity index (χ0n) is 11.0. The number of hydrogen-bond donors (Lipinski definition) is 1. The first-order valence-corrected chi connectivity index (χ1v) is 5.86. The van der Waals surface area contributed by atoms with Gasteiger partial charge in [0.15, 0.2) is 0 Å². The van der Waals surface area contributed by atoms with E-state index >= 15 is 0 Å². The molecule has 0 unspecified atom stereocenters. The van der Waals surface area contributed by atoms with Crippen molar-refractivity contribution in [1.29, 1.82) is 0 Å². The fourth-order valence-electron chi connectivity index (χ4n) is 1.54. The van der Waals surface area contributed by atoms with Crippen molar-refractivity contribution in [2.45, 2.75) is 26.4 Å². The van der Waals surface area contributed by atoms with Gasteiger partial charge >= 0.3 is 12.1 Å². The Morgan fingerprint density at radius 2 is 1.72 bits per heavy atom. The monoisotopic (exact) mass is 260 g/mol. The fourth-order valence-corrected chi connectivity index (χ4v) is 1.54. The van der Waals surface area contributed by atoms with Crippen molar-refractivity contribution in [2.75, 3.05) is 32.7 Å². The highest BCUT2D eigenvalue weighted by molar-refractivity contribution is 5.69. The van der Waals surface area contributed by atoms with Gasteiger partial charge < -0.3 is 14.7 Å². The van der Waals surface area contributed by atoms with Crippen LogP contribution in [0.3, 0.4) is 0 Å². The molecule has 0 aromatic carbocycles. The SMILES string of the molecule is CC(C)(C)OC(=O)ON1CCN(CC(=O)O)CC1. The summed E-state index contributed by atoms with van der Waals surface area (Å²) in [5, 5.41) is 10.1. The summed E-state index contributed by atoms with van der Waals surface area (Å²) in [6.45, 7) is 7.36. The lowest BCUT2D eigenvalue weighted by Crippen LogP contribution is -2.48. The Morgan fingerprint density at radius 3 is 2.17 bits per heavy atom. The second-order valence-corrected chi connectivity index (χ2v) is 5.15.